The van der Waals surface area contributed by atoms with Crippen LogP contribution in [0.5, 0.6) is 11.5 Å². The largest absolute Gasteiger partial charge is 0.497 e. The van der Waals surface area contributed by atoms with Crippen LogP contribution in [0, 0.1) is 6.92 Å². The summed E-state index contributed by atoms with van der Waals surface area (Å²) in [4.78, 5) is 30.6. The molecule has 12 nitrogen and oxygen atoms in total. The zero-order chi connectivity index (χ0) is 37.4. The molecule has 0 bridgehead atoms. The number of carbonyl (C=O) groups is 1. The van der Waals surface area contributed by atoms with Gasteiger partial charge in [0.15, 0.2) is 6.23 Å². The van der Waals surface area contributed by atoms with Crippen molar-refractivity contribution in [1.29, 1.82) is 0 Å². The van der Waals surface area contributed by atoms with Crippen molar-refractivity contribution in [1.82, 2.24) is 9.55 Å². The fraction of sp³-hybridized carbons (Fsp3) is 0.293. The van der Waals surface area contributed by atoms with Crippen molar-refractivity contribution in [2.45, 2.75) is 37.1 Å². The van der Waals surface area contributed by atoms with Gasteiger partial charge in [-0.2, -0.15) is 4.98 Å². The van der Waals surface area contributed by atoms with Crippen LogP contribution in [0.1, 0.15) is 38.8 Å². The number of hydrogen-bond donors (Lipinski definition) is 2. The van der Waals surface area contributed by atoms with E-state index in [1.54, 1.807) is 58.6 Å². The summed E-state index contributed by atoms with van der Waals surface area (Å²) in [6, 6.07) is 33.6. The van der Waals surface area contributed by atoms with Crippen LogP contribution in [0.15, 0.2) is 120 Å². The number of aliphatic hydroxyl groups is 1. The quantitative estimate of drug-likeness (QED) is 0.111. The predicted octanol–water partition coefficient (Wildman–Crippen LogP) is 5.12. The average molecular weight is 722 g/mol. The van der Waals surface area contributed by atoms with E-state index in [4.69, 9.17) is 28.4 Å². The van der Waals surface area contributed by atoms with Gasteiger partial charge in [0.2, 0.25) is 0 Å². The highest BCUT2D eigenvalue weighted by atomic mass is 16.6. The Balaban J connectivity index is 1.35. The first-order chi connectivity index (χ1) is 25.8. The lowest BCUT2D eigenvalue weighted by molar-refractivity contribution is -0.0994. The number of rotatable bonds is 15. The van der Waals surface area contributed by atoms with Crippen LogP contribution in [-0.4, -0.2) is 80.0 Å². The molecule has 1 fully saturated rings. The van der Waals surface area contributed by atoms with Gasteiger partial charge in [-0.1, -0.05) is 72.8 Å². The van der Waals surface area contributed by atoms with E-state index in [0.29, 0.717) is 22.6 Å². The minimum absolute atomic E-state index is 0.110. The van der Waals surface area contributed by atoms with E-state index in [-0.39, 0.29) is 25.6 Å². The molecule has 0 aliphatic carbocycles. The summed E-state index contributed by atoms with van der Waals surface area (Å²) in [5.74, 6) is 1.07. The predicted molar refractivity (Wildman–Crippen MR) is 197 cm³/mol. The van der Waals surface area contributed by atoms with E-state index in [0.717, 1.165) is 16.7 Å². The van der Waals surface area contributed by atoms with Gasteiger partial charge in [-0.15, -0.1) is 0 Å². The van der Waals surface area contributed by atoms with Crippen molar-refractivity contribution >= 4 is 11.7 Å². The van der Waals surface area contributed by atoms with Crippen LogP contribution < -0.4 is 20.5 Å². The fourth-order valence-electron chi connectivity index (χ4n) is 6.45. The number of methoxy groups -OCH3 is 3. The Labute approximate surface area is 307 Å². The number of aliphatic hydroxyl groups excluding tert-OH is 1. The second-order valence-electron chi connectivity index (χ2n) is 12.5. The van der Waals surface area contributed by atoms with Crippen LogP contribution in [-0.2, 0) is 24.5 Å². The topological polar surface area (TPSA) is 140 Å². The van der Waals surface area contributed by atoms with Crippen molar-refractivity contribution in [2.24, 2.45) is 0 Å². The number of ether oxygens (including phenoxy) is 6. The van der Waals surface area contributed by atoms with E-state index in [9.17, 15) is 14.7 Å². The maximum Gasteiger partial charge on any atom is 0.351 e. The van der Waals surface area contributed by atoms with E-state index < -0.39 is 41.7 Å². The molecule has 0 saturated carbocycles. The summed E-state index contributed by atoms with van der Waals surface area (Å²) in [5.41, 5.74) is 1.48. The number of carbonyl (C=O) groups excluding carboxylic acids is 1. The van der Waals surface area contributed by atoms with Crippen molar-refractivity contribution in [3.63, 3.8) is 0 Å². The van der Waals surface area contributed by atoms with E-state index >= 15 is 0 Å². The van der Waals surface area contributed by atoms with Crippen LogP contribution in [0.3, 0.4) is 0 Å². The number of amides is 1. The van der Waals surface area contributed by atoms with Crippen LogP contribution in [0.2, 0.25) is 0 Å². The Hall–Kier alpha value is -5.37. The Morgan fingerprint density at radius 2 is 1.40 bits per heavy atom. The third-order valence-electron chi connectivity index (χ3n) is 9.22. The minimum Gasteiger partial charge on any atom is -0.497 e. The average Bonchev–Trinajstić information content (AvgIpc) is 3.51. The monoisotopic (exact) mass is 721 g/mol. The molecule has 5 aromatic rings. The van der Waals surface area contributed by atoms with Crippen molar-refractivity contribution in [2.75, 3.05) is 46.5 Å². The highest BCUT2D eigenvalue weighted by Gasteiger charge is 2.48. The van der Waals surface area contributed by atoms with Crippen LogP contribution in [0.25, 0.3) is 0 Å². The summed E-state index contributed by atoms with van der Waals surface area (Å²) < 4.78 is 37.0. The summed E-state index contributed by atoms with van der Waals surface area (Å²) in [5, 5.41) is 14.5. The van der Waals surface area contributed by atoms with Crippen LogP contribution >= 0.6 is 0 Å². The first kappa shape index (κ1) is 37.4. The van der Waals surface area contributed by atoms with Crippen molar-refractivity contribution in [3.05, 3.63) is 154 Å². The maximum atomic E-state index is 13.6. The lowest BCUT2D eigenvalue weighted by Crippen LogP contribution is -2.41. The van der Waals surface area contributed by atoms with Gasteiger partial charge < -0.3 is 38.8 Å². The third kappa shape index (κ3) is 8.02. The molecule has 2 N–H and O–H groups in total. The fourth-order valence-corrected chi connectivity index (χ4v) is 6.45. The van der Waals surface area contributed by atoms with E-state index in [1.807, 2.05) is 78.9 Å². The molecule has 53 heavy (non-hydrogen) atoms. The molecule has 1 aromatic heterocycles. The van der Waals surface area contributed by atoms with Gasteiger partial charge in [0, 0.05) is 24.4 Å². The molecule has 2 heterocycles. The molecule has 1 aliphatic heterocycles. The molecule has 1 saturated heterocycles. The number of benzene rings is 4. The molecular weight excluding hydrogens is 678 g/mol. The number of nitrogens with zero attached hydrogens (tertiary/aromatic N) is 2. The number of hydrogen-bond acceptors (Lipinski definition) is 10. The molecule has 6 rings (SSSR count). The van der Waals surface area contributed by atoms with Gasteiger partial charge in [-0.05, 0) is 60.0 Å². The molecule has 4 atom stereocenters. The minimum atomic E-state index is -1.22. The van der Waals surface area contributed by atoms with Gasteiger partial charge in [-0.3, -0.25) is 9.36 Å². The third-order valence-corrected chi connectivity index (χ3v) is 9.22. The standard InChI is InChI=1S/C41H43N3O9/c1-27-25-44(40(47)43-37(27)42-38(46)28-11-7-5-8-12-28)39-36(51-24-23-48-2)35(45)34(53-39)26-52-41(29-13-9-6-10-14-29,30-15-19-32(49-3)20-16-30)31-17-21-33(50-4)22-18-31/h5-22,25,34-36,39,45H,23-24,26H2,1-4H3,(H,42,43,46,47)/t34-,35?,36?,39-/m1/s1. The highest BCUT2D eigenvalue weighted by molar-refractivity contribution is 6.04. The van der Waals surface area contributed by atoms with Gasteiger partial charge in [0.1, 0.15) is 41.2 Å². The lowest BCUT2D eigenvalue weighted by atomic mass is 9.80. The van der Waals surface area contributed by atoms with Gasteiger partial charge >= 0.3 is 5.69 Å². The first-order valence-electron chi connectivity index (χ1n) is 17.2. The second kappa shape index (κ2) is 17.0. The van der Waals surface area contributed by atoms with Crippen molar-refractivity contribution < 1.29 is 38.3 Å². The van der Waals surface area contributed by atoms with E-state index in [2.05, 4.69) is 10.3 Å². The van der Waals surface area contributed by atoms with Crippen LogP contribution in [0.4, 0.5) is 5.82 Å². The molecule has 1 aliphatic rings. The molecule has 0 spiro atoms. The van der Waals surface area contributed by atoms with Crippen molar-refractivity contribution in [3.8, 4) is 11.5 Å². The number of anilines is 1. The normalized spacial score (nSPS) is 18.4. The Morgan fingerprint density at radius 3 is 1.96 bits per heavy atom. The number of nitrogens with one attached hydrogen (secondary N) is 1. The highest BCUT2D eigenvalue weighted by Crippen LogP contribution is 2.43. The zero-order valence-electron chi connectivity index (χ0n) is 30.0. The van der Waals surface area contributed by atoms with Gasteiger partial charge in [-0.25, -0.2) is 4.79 Å². The Kier molecular flexibility index (Phi) is 12.0. The Bertz CT molecular complexity index is 1960. The zero-order valence-corrected chi connectivity index (χ0v) is 30.0. The molecule has 12 heteroatoms. The number of aromatic nitrogens is 2. The van der Waals surface area contributed by atoms with Gasteiger partial charge in [0.05, 0.1) is 34.0 Å². The SMILES string of the molecule is COCCOC1C(O)[C@@H](COC(c2ccccc2)(c2ccc(OC)cc2)c2ccc(OC)cc2)O[C@H]1n1cc(C)c(NC(=O)c2ccccc2)nc1=O. The summed E-state index contributed by atoms with van der Waals surface area (Å²) in [7, 11) is 4.76. The molecular formula is C41H43N3O9. The molecule has 276 valence electrons. The maximum absolute atomic E-state index is 13.6. The van der Waals surface area contributed by atoms with E-state index in [1.165, 1.54) is 10.8 Å². The molecule has 0 radical (unpaired) electrons. The Morgan fingerprint density at radius 1 is 0.830 bits per heavy atom. The lowest BCUT2D eigenvalue weighted by Gasteiger charge is -2.37. The molecule has 2 unspecified atom stereocenters. The van der Waals surface area contributed by atoms with Gasteiger partial charge in [0.25, 0.3) is 5.91 Å². The summed E-state index contributed by atoms with van der Waals surface area (Å²) >= 11 is 0. The second-order valence-corrected chi connectivity index (χ2v) is 12.5. The molecule has 1 amide bonds. The summed E-state index contributed by atoms with van der Waals surface area (Å²) in [6.07, 6.45) is -2.71. The summed E-state index contributed by atoms with van der Waals surface area (Å²) in [6.45, 7) is 1.98. The smallest absolute Gasteiger partial charge is 0.351 e. The first-order valence-corrected chi connectivity index (χ1v) is 17.2. The molecule has 4 aromatic carbocycles. The number of aryl methyl sites for hydroxylation is 1.